The maximum Gasteiger partial charge on any atom is 0.410 e. The summed E-state index contributed by atoms with van der Waals surface area (Å²) in [5, 5.41) is 0. The summed E-state index contributed by atoms with van der Waals surface area (Å²) in [7, 11) is 0. The molecule has 1 aromatic rings. The number of thiol groups is 1. The van der Waals surface area contributed by atoms with Crippen LogP contribution in [-0.2, 0) is 11.3 Å². The first-order valence-corrected chi connectivity index (χ1v) is 6.49. The molecule has 2 rings (SSSR count). The molecule has 1 heterocycles. The highest BCUT2D eigenvalue weighted by Crippen LogP contribution is 2.18. The summed E-state index contributed by atoms with van der Waals surface area (Å²) in [6.07, 6.45) is 0.822. The first-order chi connectivity index (χ1) is 8.29. The third kappa shape index (κ3) is 3.40. The minimum Gasteiger partial charge on any atom is -0.445 e. The number of carbonyl (C=O) groups is 1. The Kier molecular flexibility index (Phi) is 4.31. The van der Waals surface area contributed by atoms with Crippen LogP contribution in [0.3, 0.4) is 0 Å². The van der Waals surface area contributed by atoms with Gasteiger partial charge in [-0.25, -0.2) is 4.79 Å². The van der Waals surface area contributed by atoms with Crippen molar-refractivity contribution >= 4 is 18.7 Å². The van der Waals surface area contributed by atoms with Crippen LogP contribution in [0.4, 0.5) is 4.79 Å². The summed E-state index contributed by atoms with van der Waals surface area (Å²) < 4.78 is 5.27. The van der Waals surface area contributed by atoms with Crippen molar-refractivity contribution in [3.8, 4) is 0 Å². The Balaban J connectivity index is 1.78. The van der Waals surface area contributed by atoms with E-state index >= 15 is 0 Å². The van der Waals surface area contributed by atoms with E-state index in [1.807, 2.05) is 30.3 Å². The molecule has 1 aromatic carbocycles. The Morgan fingerprint density at radius 1 is 1.41 bits per heavy atom. The lowest BCUT2D eigenvalue weighted by atomic mass is 10.2. The van der Waals surface area contributed by atoms with Crippen molar-refractivity contribution in [3.63, 3.8) is 0 Å². The van der Waals surface area contributed by atoms with Gasteiger partial charge in [-0.15, -0.1) is 0 Å². The highest BCUT2D eigenvalue weighted by atomic mass is 32.1. The molecule has 0 bridgehead atoms. The van der Waals surface area contributed by atoms with Crippen LogP contribution in [0, 0.1) is 5.92 Å². The average molecular weight is 251 g/mol. The van der Waals surface area contributed by atoms with E-state index in [0.29, 0.717) is 12.5 Å². The van der Waals surface area contributed by atoms with Gasteiger partial charge >= 0.3 is 6.09 Å². The number of hydrogen-bond donors (Lipinski definition) is 1. The molecule has 17 heavy (non-hydrogen) atoms. The first kappa shape index (κ1) is 12.3. The molecular weight excluding hydrogens is 234 g/mol. The van der Waals surface area contributed by atoms with Crippen LogP contribution in [0.1, 0.15) is 12.0 Å². The molecule has 0 N–H and O–H groups in total. The van der Waals surface area contributed by atoms with E-state index in [-0.39, 0.29) is 6.09 Å². The van der Waals surface area contributed by atoms with Gasteiger partial charge in [-0.05, 0) is 23.7 Å². The van der Waals surface area contributed by atoms with Gasteiger partial charge in [0, 0.05) is 13.1 Å². The number of nitrogens with zero attached hydrogens (tertiary/aromatic N) is 1. The summed E-state index contributed by atoms with van der Waals surface area (Å²) >= 11 is 4.26. The van der Waals surface area contributed by atoms with Crippen LogP contribution < -0.4 is 0 Å². The summed E-state index contributed by atoms with van der Waals surface area (Å²) in [4.78, 5) is 13.5. The lowest BCUT2D eigenvalue weighted by molar-refractivity contribution is 0.103. The van der Waals surface area contributed by atoms with E-state index in [2.05, 4.69) is 12.6 Å². The van der Waals surface area contributed by atoms with Crippen LogP contribution >= 0.6 is 12.6 Å². The predicted octanol–water partition coefficient (Wildman–Crippen LogP) is 2.57. The second-order valence-electron chi connectivity index (χ2n) is 4.32. The molecule has 0 aromatic heterocycles. The Labute approximate surface area is 107 Å². The van der Waals surface area contributed by atoms with Gasteiger partial charge in [0.1, 0.15) is 6.61 Å². The SMILES string of the molecule is O=C(OCc1ccccc1)N1CC[C@@H](CS)C1. The molecule has 3 nitrogen and oxygen atoms in total. The van der Waals surface area contributed by atoms with Gasteiger partial charge in [-0.2, -0.15) is 12.6 Å². The molecule has 0 aliphatic carbocycles. The Bertz CT molecular complexity index is 369. The van der Waals surface area contributed by atoms with Gasteiger partial charge in [-0.1, -0.05) is 30.3 Å². The lowest BCUT2D eigenvalue weighted by Crippen LogP contribution is -2.29. The van der Waals surface area contributed by atoms with Gasteiger partial charge in [0.2, 0.25) is 0 Å². The van der Waals surface area contributed by atoms with Gasteiger partial charge < -0.3 is 9.64 Å². The number of ether oxygens (including phenoxy) is 1. The number of likely N-dealkylation sites (tertiary alicyclic amines) is 1. The van der Waals surface area contributed by atoms with Crippen molar-refractivity contribution in [1.29, 1.82) is 0 Å². The average Bonchev–Trinajstić information content (AvgIpc) is 2.86. The summed E-state index contributed by atoms with van der Waals surface area (Å²) in [6, 6.07) is 9.73. The van der Waals surface area contributed by atoms with E-state index in [1.165, 1.54) is 0 Å². The first-order valence-electron chi connectivity index (χ1n) is 5.86. The number of amides is 1. The monoisotopic (exact) mass is 251 g/mol. The van der Waals surface area contributed by atoms with Gasteiger partial charge in [0.25, 0.3) is 0 Å². The number of hydrogen-bond acceptors (Lipinski definition) is 3. The van der Waals surface area contributed by atoms with Crippen LogP contribution in [0.2, 0.25) is 0 Å². The standard InChI is InChI=1S/C13H17NO2S/c15-13(14-7-6-12(8-14)10-17)16-9-11-4-2-1-3-5-11/h1-5,12,17H,6-10H2/t12-/m1/s1. The van der Waals surface area contributed by atoms with E-state index in [0.717, 1.165) is 30.8 Å². The normalized spacial score (nSPS) is 19.4. The second-order valence-corrected chi connectivity index (χ2v) is 4.69. The highest BCUT2D eigenvalue weighted by molar-refractivity contribution is 7.80. The van der Waals surface area contributed by atoms with Crippen molar-refractivity contribution in [1.82, 2.24) is 4.90 Å². The van der Waals surface area contributed by atoms with Crippen molar-refractivity contribution in [2.24, 2.45) is 5.92 Å². The summed E-state index contributed by atoms with van der Waals surface area (Å²) in [6.45, 7) is 1.91. The molecule has 1 saturated heterocycles. The van der Waals surface area contributed by atoms with Crippen molar-refractivity contribution in [2.45, 2.75) is 13.0 Å². The lowest BCUT2D eigenvalue weighted by Gasteiger charge is -2.15. The quantitative estimate of drug-likeness (QED) is 0.837. The second kappa shape index (κ2) is 5.96. The topological polar surface area (TPSA) is 29.5 Å². The molecule has 1 aliphatic rings. The van der Waals surface area contributed by atoms with Crippen LogP contribution in [0.5, 0.6) is 0 Å². The molecule has 0 unspecified atom stereocenters. The molecular formula is C13H17NO2S. The molecule has 92 valence electrons. The van der Waals surface area contributed by atoms with Crippen LogP contribution in [-0.4, -0.2) is 29.8 Å². The van der Waals surface area contributed by atoms with E-state index in [9.17, 15) is 4.79 Å². The van der Waals surface area contributed by atoms with Crippen LogP contribution in [0.15, 0.2) is 30.3 Å². The Morgan fingerprint density at radius 2 is 2.18 bits per heavy atom. The van der Waals surface area contributed by atoms with Gasteiger partial charge in [0.05, 0.1) is 0 Å². The van der Waals surface area contributed by atoms with Crippen LogP contribution in [0.25, 0.3) is 0 Å². The predicted molar refractivity (Wildman–Crippen MR) is 70.2 cm³/mol. The fourth-order valence-electron chi connectivity index (χ4n) is 1.96. The molecule has 4 heteroatoms. The minimum atomic E-state index is -0.210. The summed E-state index contributed by atoms with van der Waals surface area (Å²) in [5.74, 6) is 1.35. The minimum absolute atomic E-state index is 0.210. The molecule has 1 atom stereocenters. The number of rotatable bonds is 3. The largest absolute Gasteiger partial charge is 0.445 e. The zero-order chi connectivity index (χ0) is 12.1. The number of benzene rings is 1. The third-order valence-electron chi connectivity index (χ3n) is 3.01. The van der Waals surface area contributed by atoms with E-state index < -0.39 is 0 Å². The van der Waals surface area contributed by atoms with Gasteiger partial charge in [0.15, 0.2) is 0 Å². The third-order valence-corrected chi connectivity index (χ3v) is 3.52. The zero-order valence-corrected chi connectivity index (χ0v) is 10.6. The summed E-state index contributed by atoms with van der Waals surface area (Å²) in [5.41, 5.74) is 1.02. The number of carbonyl (C=O) groups excluding carboxylic acids is 1. The Hall–Kier alpha value is -1.16. The van der Waals surface area contributed by atoms with Crippen molar-refractivity contribution in [2.75, 3.05) is 18.8 Å². The van der Waals surface area contributed by atoms with E-state index in [4.69, 9.17) is 4.74 Å². The fraction of sp³-hybridized carbons (Fsp3) is 0.462. The molecule has 1 amide bonds. The Morgan fingerprint density at radius 3 is 2.82 bits per heavy atom. The molecule has 0 spiro atoms. The van der Waals surface area contributed by atoms with Crippen molar-refractivity contribution in [3.05, 3.63) is 35.9 Å². The molecule has 1 aliphatic heterocycles. The molecule has 1 fully saturated rings. The smallest absolute Gasteiger partial charge is 0.410 e. The van der Waals surface area contributed by atoms with E-state index in [1.54, 1.807) is 4.90 Å². The van der Waals surface area contributed by atoms with Crippen molar-refractivity contribution < 1.29 is 9.53 Å². The van der Waals surface area contributed by atoms with Gasteiger partial charge in [-0.3, -0.25) is 0 Å². The molecule has 0 saturated carbocycles. The fourth-order valence-corrected chi connectivity index (χ4v) is 2.26. The maximum absolute atomic E-state index is 11.8. The highest BCUT2D eigenvalue weighted by Gasteiger charge is 2.26. The molecule has 0 radical (unpaired) electrons. The zero-order valence-electron chi connectivity index (χ0n) is 9.71. The maximum atomic E-state index is 11.8.